The molecule has 2 aromatic carbocycles. The number of hydrogen-bond donors (Lipinski definition) is 1. The number of carbonyl (C=O) groups is 1. The van der Waals surface area contributed by atoms with Crippen molar-refractivity contribution in [1.29, 1.82) is 0 Å². The summed E-state index contributed by atoms with van der Waals surface area (Å²) in [6.07, 6.45) is 4.49. The van der Waals surface area contributed by atoms with Crippen LogP contribution in [0.2, 0.25) is 0 Å². The number of aromatic nitrogens is 2. The van der Waals surface area contributed by atoms with E-state index in [1.54, 1.807) is 7.11 Å². The molecule has 1 aromatic heterocycles. The predicted molar refractivity (Wildman–Crippen MR) is 137 cm³/mol. The molecule has 2 saturated heterocycles. The van der Waals surface area contributed by atoms with Gasteiger partial charge >= 0.3 is 0 Å². The van der Waals surface area contributed by atoms with Gasteiger partial charge in [0.25, 0.3) is 0 Å². The summed E-state index contributed by atoms with van der Waals surface area (Å²) in [6.45, 7) is 6.15. The Labute approximate surface area is 212 Å². The van der Waals surface area contributed by atoms with Crippen molar-refractivity contribution in [3.63, 3.8) is 0 Å². The van der Waals surface area contributed by atoms with Crippen LogP contribution in [-0.4, -0.2) is 59.1 Å². The minimum atomic E-state index is -0.0304. The van der Waals surface area contributed by atoms with Crippen molar-refractivity contribution < 1.29 is 14.1 Å². The molecule has 36 heavy (non-hydrogen) atoms. The van der Waals surface area contributed by atoms with E-state index in [0.29, 0.717) is 31.3 Å². The number of ether oxygens (including phenoxy) is 1. The normalized spacial score (nSPS) is 18.9. The zero-order valence-corrected chi connectivity index (χ0v) is 21.0. The molecule has 0 saturated carbocycles. The SMILES string of the molecule is COc1ccc(-c2noc(CN3CCCC(C(=O)NCc4ccc(CN5CCCC5)cc4)C3)n2)cc1. The fourth-order valence-corrected chi connectivity index (χ4v) is 5.08. The Hall–Kier alpha value is -3.23. The van der Waals surface area contributed by atoms with Gasteiger partial charge in [0, 0.05) is 25.2 Å². The molecule has 1 amide bonds. The van der Waals surface area contributed by atoms with Crippen LogP contribution in [0.4, 0.5) is 0 Å². The molecule has 8 heteroatoms. The zero-order chi connectivity index (χ0) is 24.7. The number of likely N-dealkylation sites (tertiary alicyclic amines) is 2. The van der Waals surface area contributed by atoms with E-state index in [0.717, 1.165) is 42.8 Å². The highest BCUT2D eigenvalue weighted by atomic mass is 16.5. The minimum absolute atomic E-state index is 0.0304. The number of amides is 1. The molecule has 3 heterocycles. The Morgan fingerprint density at radius 2 is 1.69 bits per heavy atom. The molecule has 1 atom stereocenters. The molecule has 0 spiro atoms. The lowest BCUT2D eigenvalue weighted by Crippen LogP contribution is -2.42. The molecule has 0 radical (unpaired) electrons. The first-order valence-electron chi connectivity index (χ1n) is 12.9. The van der Waals surface area contributed by atoms with E-state index in [9.17, 15) is 4.79 Å². The van der Waals surface area contributed by atoms with Crippen molar-refractivity contribution in [2.24, 2.45) is 5.92 Å². The van der Waals surface area contributed by atoms with E-state index in [1.807, 2.05) is 24.3 Å². The van der Waals surface area contributed by atoms with Crippen LogP contribution in [0, 0.1) is 5.92 Å². The third-order valence-corrected chi connectivity index (χ3v) is 7.15. The lowest BCUT2D eigenvalue weighted by atomic mass is 9.97. The van der Waals surface area contributed by atoms with Gasteiger partial charge in [-0.15, -0.1) is 0 Å². The van der Waals surface area contributed by atoms with Gasteiger partial charge in [-0.1, -0.05) is 29.4 Å². The Morgan fingerprint density at radius 3 is 2.44 bits per heavy atom. The van der Waals surface area contributed by atoms with Crippen molar-refractivity contribution in [3.8, 4) is 17.1 Å². The third-order valence-electron chi connectivity index (χ3n) is 7.15. The molecule has 0 bridgehead atoms. The average Bonchev–Trinajstić information content (AvgIpc) is 3.61. The largest absolute Gasteiger partial charge is 0.497 e. The number of nitrogens with one attached hydrogen (secondary N) is 1. The van der Waals surface area contributed by atoms with Gasteiger partial charge in [0.15, 0.2) is 0 Å². The lowest BCUT2D eigenvalue weighted by molar-refractivity contribution is -0.127. The molecule has 8 nitrogen and oxygen atoms in total. The minimum Gasteiger partial charge on any atom is -0.497 e. The van der Waals surface area contributed by atoms with E-state index < -0.39 is 0 Å². The van der Waals surface area contributed by atoms with Crippen molar-refractivity contribution in [1.82, 2.24) is 25.3 Å². The first-order valence-corrected chi connectivity index (χ1v) is 12.9. The van der Waals surface area contributed by atoms with Gasteiger partial charge in [-0.2, -0.15) is 4.98 Å². The zero-order valence-electron chi connectivity index (χ0n) is 21.0. The summed E-state index contributed by atoms with van der Waals surface area (Å²) in [7, 11) is 1.64. The second kappa shape index (κ2) is 11.7. The van der Waals surface area contributed by atoms with Gasteiger partial charge in [-0.25, -0.2) is 0 Å². The lowest BCUT2D eigenvalue weighted by Gasteiger charge is -2.30. The molecule has 2 aliphatic rings. The van der Waals surface area contributed by atoms with E-state index in [2.05, 4.69) is 49.5 Å². The maximum Gasteiger partial charge on any atom is 0.241 e. The standard InChI is InChI=1S/C28H35N5O3/c1-35-25-12-10-23(11-13-25)27-30-26(36-31-27)20-33-16-4-5-24(19-33)28(34)29-17-21-6-8-22(9-7-21)18-32-14-2-3-15-32/h6-13,24H,2-5,14-20H2,1H3,(H,29,34). The number of piperidine rings is 1. The highest BCUT2D eigenvalue weighted by Gasteiger charge is 2.27. The second-order valence-corrected chi connectivity index (χ2v) is 9.83. The highest BCUT2D eigenvalue weighted by Crippen LogP contribution is 2.22. The van der Waals surface area contributed by atoms with Gasteiger partial charge in [0.05, 0.1) is 19.6 Å². The van der Waals surface area contributed by atoms with Gasteiger partial charge in [0.1, 0.15) is 5.75 Å². The van der Waals surface area contributed by atoms with Crippen molar-refractivity contribution in [3.05, 3.63) is 65.5 Å². The van der Waals surface area contributed by atoms with Gasteiger partial charge in [0.2, 0.25) is 17.6 Å². The fourth-order valence-electron chi connectivity index (χ4n) is 5.08. The first kappa shape index (κ1) is 24.5. The molecule has 2 aliphatic heterocycles. The third kappa shape index (κ3) is 6.30. The number of rotatable bonds is 9. The molecular formula is C28H35N5O3. The molecule has 5 rings (SSSR count). The van der Waals surface area contributed by atoms with Crippen LogP contribution in [0.25, 0.3) is 11.4 Å². The molecule has 0 aliphatic carbocycles. The summed E-state index contributed by atoms with van der Waals surface area (Å²) in [5, 5.41) is 7.27. The topological polar surface area (TPSA) is 83.7 Å². The Kier molecular flexibility index (Phi) is 7.93. The summed E-state index contributed by atoms with van der Waals surface area (Å²) in [5.41, 5.74) is 3.36. The van der Waals surface area contributed by atoms with Crippen LogP contribution in [0.5, 0.6) is 5.75 Å². The quantitative estimate of drug-likeness (QED) is 0.489. The van der Waals surface area contributed by atoms with Gasteiger partial charge in [-0.05, 0) is 80.7 Å². The highest BCUT2D eigenvalue weighted by molar-refractivity contribution is 5.79. The van der Waals surface area contributed by atoms with Crippen LogP contribution in [-0.2, 0) is 24.4 Å². The molecule has 1 unspecified atom stereocenters. The van der Waals surface area contributed by atoms with Crippen molar-refractivity contribution in [2.75, 3.05) is 33.3 Å². The number of methoxy groups -OCH3 is 1. The summed E-state index contributed by atoms with van der Waals surface area (Å²) < 4.78 is 10.7. The fraction of sp³-hybridized carbons (Fsp3) is 0.464. The molecule has 1 N–H and O–H groups in total. The Bertz CT molecular complexity index is 1120. The number of hydrogen-bond acceptors (Lipinski definition) is 7. The Balaban J connectivity index is 1.09. The van der Waals surface area contributed by atoms with Crippen LogP contribution in [0.15, 0.2) is 53.1 Å². The summed E-state index contributed by atoms with van der Waals surface area (Å²) in [5.74, 6) is 2.00. The molecule has 2 fully saturated rings. The van der Waals surface area contributed by atoms with Crippen LogP contribution >= 0.6 is 0 Å². The van der Waals surface area contributed by atoms with Crippen molar-refractivity contribution in [2.45, 2.75) is 45.3 Å². The number of carbonyl (C=O) groups excluding carboxylic acids is 1. The second-order valence-electron chi connectivity index (χ2n) is 9.83. The monoisotopic (exact) mass is 489 g/mol. The Morgan fingerprint density at radius 1 is 0.972 bits per heavy atom. The van der Waals surface area contributed by atoms with E-state index in [-0.39, 0.29) is 11.8 Å². The summed E-state index contributed by atoms with van der Waals surface area (Å²) in [4.78, 5) is 22.2. The van der Waals surface area contributed by atoms with E-state index in [1.165, 1.54) is 31.5 Å². The summed E-state index contributed by atoms with van der Waals surface area (Å²) in [6, 6.07) is 16.2. The summed E-state index contributed by atoms with van der Waals surface area (Å²) >= 11 is 0. The van der Waals surface area contributed by atoms with Gasteiger partial charge in [-0.3, -0.25) is 14.6 Å². The maximum atomic E-state index is 12.9. The van der Waals surface area contributed by atoms with Crippen LogP contribution in [0.3, 0.4) is 0 Å². The maximum absolute atomic E-state index is 12.9. The van der Waals surface area contributed by atoms with Gasteiger partial charge < -0.3 is 14.6 Å². The molecule has 190 valence electrons. The number of nitrogens with zero attached hydrogens (tertiary/aromatic N) is 4. The number of benzene rings is 2. The van der Waals surface area contributed by atoms with E-state index >= 15 is 0 Å². The van der Waals surface area contributed by atoms with Crippen molar-refractivity contribution >= 4 is 5.91 Å². The predicted octanol–water partition coefficient (Wildman–Crippen LogP) is 3.87. The first-order chi connectivity index (χ1) is 17.7. The molecular weight excluding hydrogens is 454 g/mol. The molecule has 3 aromatic rings. The van der Waals surface area contributed by atoms with Crippen LogP contribution < -0.4 is 10.1 Å². The van der Waals surface area contributed by atoms with Crippen LogP contribution in [0.1, 0.15) is 42.7 Å². The average molecular weight is 490 g/mol. The van der Waals surface area contributed by atoms with E-state index in [4.69, 9.17) is 9.26 Å². The smallest absolute Gasteiger partial charge is 0.241 e.